The van der Waals surface area contributed by atoms with Crippen LogP contribution in [0.1, 0.15) is 86.5 Å². The summed E-state index contributed by atoms with van der Waals surface area (Å²) in [6.07, 6.45) is 9.30. The molecule has 0 fully saturated rings. The van der Waals surface area contributed by atoms with Crippen LogP contribution in [0.4, 0.5) is 0 Å². The fourth-order valence-electron chi connectivity index (χ4n) is 2.59. The molecule has 29 heavy (non-hydrogen) atoms. The number of rotatable bonds is 16. The maximum absolute atomic E-state index is 2.44. The molecule has 0 aromatic rings. The highest BCUT2D eigenvalue weighted by molar-refractivity contribution is 4.54. The average molecular weight is 417 g/mol. The van der Waals surface area contributed by atoms with E-state index in [-0.39, 0.29) is 0 Å². The molecule has 0 radical (unpaired) electrons. The first kappa shape index (κ1) is 33.5. The molecule has 0 bridgehead atoms. The van der Waals surface area contributed by atoms with Gasteiger partial charge < -0.3 is 19.6 Å². The normalized spacial score (nSPS) is 11.0. The van der Waals surface area contributed by atoms with Crippen molar-refractivity contribution in [3.05, 3.63) is 0 Å². The Morgan fingerprint density at radius 2 is 0.621 bits per heavy atom. The Balaban J connectivity index is -0.000000383. The Hall–Kier alpha value is -0.160. The van der Waals surface area contributed by atoms with Gasteiger partial charge in [-0.1, -0.05) is 67.2 Å². The van der Waals surface area contributed by atoms with Gasteiger partial charge in [-0.05, 0) is 99.8 Å². The lowest BCUT2D eigenvalue weighted by Crippen LogP contribution is -2.26. The van der Waals surface area contributed by atoms with Crippen LogP contribution >= 0.6 is 0 Å². The summed E-state index contributed by atoms with van der Waals surface area (Å²) >= 11 is 0. The maximum atomic E-state index is 2.44. The Morgan fingerprint density at radius 3 is 0.862 bits per heavy atom. The van der Waals surface area contributed by atoms with E-state index in [1.807, 2.05) is 0 Å². The topological polar surface area (TPSA) is 13.0 Å². The molecule has 0 amide bonds. The number of hydrogen-bond acceptors (Lipinski definition) is 4. The van der Waals surface area contributed by atoms with Crippen molar-refractivity contribution in [3.63, 3.8) is 0 Å². The van der Waals surface area contributed by atoms with Crippen molar-refractivity contribution in [3.8, 4) is 0 Å². The smallest absolute Gasteiger partial charge is 0.000960 e. The average Bonchev–Trinajstić information content (AvgIpc) is 2.73. The van der Waals surface area contributed by atoms with Gasteiger partial charge in [0.1, 0.15) is 0 Å². The van der Waals surface area contributed by atoms with Crippen LogP contribution < -0.4 is 0 Å². The third-order valence-electron chi connectivity index (χ3n) is 5.38. The standard InChI is InChI=1S/C11H26N2.C9H22N2.C5H12/c1-5-7-9-13(4)11-8-10-12(3)6-2;1-5-10(3)8-7-9-11(4)6-2;1-3-5-4-2/h5-11H2,1-4H3;5-9H2,1-4H3;3-5H2,1-2H3. The molecule has 0 saturated heterocycles. The van der Waals surface area contributed by atoms with Crippen molar-refractivity contribution < 1.29 is 0 Å². The van der Waals surface area contributed by atoms with Gasteiger partial charge in [0.15, 0.2) is 0 Å². The van der Waals surface area contributed by atoms with Crippen molar-refractivity contribution >= 4 is 0 Å². The molecular weight excluding hydrogens is 356 g/mol. The zero-order valence-electron chi connectivity index (χ0n) is 22.4. The molecule has 0 aliphatic carbocycles. The Labute approximate surface area is 187 Å². The van der Waals surface area contributed by atoms with Crippen LogP contribution in [0.3, 0.4) is 0 Å². The van der Waals surface area contributed by atoms with Gasteiger partial charge in [-0.2, -0.15) is 0 Å². The van der Waals surface area contributed by atoms with Crippen LogP contribution in [0.2, 0.25) is 0 Å². The van der Waals surface area contributed by atoms with Crippen LogP contribution in [-0.2, 0) is 0 Å². The minimum absolute atomic E-state index is 1.16. The van der Waals surface area contributed by atoms with E-state index in [0.717, 1.165) is 13.1 Å². The van der Waals surface area contributed by atoms with Crippen molar-refractivity contribution in [2.45, 2.75) is 86.5 Å². The highest BCUT2D eigenvalue weighted by atomic mass is 15.1. The molecule has 0 aromatic carbocycles. The van der Waals surface area contributed by atoms with Crippen molar-refractivity contribution in [2.24, 2.45) is 0 Å². The van der Waals surface area contributed by atoms with Gasteiger partial charge in [0, 0.05) is 0 Å². The van der Waals surface area contributed by atoms with Gasteiger partial charge in [0.25, 0.3) is 0 Å². The molecule has 0 atom stereocenters. The first-order chi connectivity index (χ1) is 13.8. The minimum Gasteiger partial charge on any atom is -0.307 e. The SMILES string of the molecule is CCCCC.CCCCN(C)CCCN(C)CC.CCN(C)CCCN(C)CC. The third-order valence-corrected chi connectivity index (χ3v) is 5.38. The molecule has 0 unspecified atom stereocenters. The molecular formula is C25H60N4. The second-order valence-electron chi connectivity index (χ2n) is 8.41. The van der Waals surface area contributed by atoms with Gasteiger partial charge in [-0.3, -0.25) is 0 Å². The molecule has 0 heterocycles. The minimum atomic E-state index is 1.16. The molecule has 4 heteroatoms. The van der Waals surface area contributed by atoms with Crippen molar-refractivity contribution in [1.82, 2.24) is 19.6 Å². The molecule has 0 rings (SSSR count). The summed E-state index contributed by atoms with van der Waals surface area (Å²) < 4.78 is 0. The predicted molar refractivity (Wildman–Crippen MR) is 136 cm³/mol. The molecule has 0 spiro atoms. The molecule has 0 N–H and O–H groups in total. The summed E-state index contributed by atoms with van der Waals surface area (Å²) in [7, 11) is 8.76. The summed E-state index contributed by atoms with van der Waals surface area (Å²) in [5, 5.41) is 0. The lowest BCUT2D eigenvalue weighted by atomic mass is 10.3. The van der Waals surface area contributed by atoms with Gasteiger partial charge in [0.2, 0.25) is 0 Å². The Kier molecular flexibility index (Phi) is 32.1. The monoisotopic (exact) mass is 416 g/mol. The lowest BCUT2D eigenvalue weighted by Gasteiger charge is -2.18. The van der Waals surface area contributed by atoms with E-state index >= 15 is 0 Å². The van der Waals surface area contributed by atoms with E-state index in [1.165, 1.54) is 84.2 Å². The fraction of sp³-hybridized carbons (Fsp3) is 1.00. The summed E-state index contributed by atoms with van der Waals surface area (Å²) in [5.41, 5.74) is 0. The predicted octanol–water partition coefficient (Wildman–Crippen LogP) is 5.54. The van der Waals surface area contributed by atoms with E-state index in [9.17, 15) is 0 Å². The number of unbranched alkanes of at least 4 members (excludes halogenated alkanes) is 3. The van der Waals surface area contributed by atoms with Crippen LogP contribution in [0.25, 0.3) is 0 Å². The van der Waals surface area contributed by atoms with Crippen molar-refractivity contribution in [1.29, 1.82) is 0 Å². The Morgan fingerprint density at radius 1 is 0.345 bits per heavy atom. The van der Waals surface area contributed by atoms with E-state index in [4.69, 9.17) is 0 Å². The quantitative estimate of drug-likeness (QED) is 0.327. The van der Waals surface area contributed by atoms with Crippen LogP contribution in [0.5, 0.6) is 0 Å². The van der Waals surface area contributed by atoms with Gasteiger partial charge in [-0.15, -0.1) is 0 Å². The zero-order chi connectivity index (χ0) is 22.9. The third kappa shape index (κ3) is 32.7. The highest BCUT2D eigenvalue weighted by Crippen LogP contribution is 1.94. The zero-order valence-corrected chi connectivity index (χ0v) is 22.4. The second-order valence-corrected chi connectivity index (χ2v) is 8.41. The molecule has 4 nitrogen and oxygen atoms in total. The van der Waals surface area contributed by atoms with Crippen molar-refractivity contribution in [2.75, 3.05) is 80.5 Å². The fourth-order valence-corrected chi connectivity index (χ4v) is 2.59. The highest BCUT2D eigenvalue weighted by Gasteiger charge is 1.98. The lowest BCUT2D eigenvalue weighted by molar-refractivity contribution is 0.282. The Bertz CT molecular complexity index is 262. The van der Waals surface area contributed by atoms with Gasteiger partial charge in [-0.25, -0.2) is 0 Å². The molecule has 180 valence electrons. The summed E-state index contributed by atoms with van der Waals surface area (Å²) in [4.78, 5) is 9.51. The van der Waals surface area contributed by atoms with Crippen LogP contribution in [0, 0.1) is 0 Å². The second kappa shape index (κ2) is 27.8. The van der Waals surface area contributed by atoms with E-state index < -0.39 is 0 Å². The largest absolute Gasteiger partial charge is 0.307 e. The molecule has 0 aliphatic rings. The number of nitrogens with zero attached hydrogens (tertiary/aromatic N) is 4. The van der Waals surface area contributed by atoms with E-state index in [0.29, 0.717) is 0 Å². The summed E-state index contributed by atoms with van der Waals surface area (Å²) in [5.74, 6) is 0. The first-order valence-electron chi connectivity index (χ1n) is 12.6. The summed E-state index contributed by atoms with van der Waals surface area (Å²) in [6, 6.07) is 0. The molecule has 0 aromatic heterocycles. The summed E-state index contributed by atoms with van der Waals surface area (Å²) in [6.45, 7) is 22.9. The van der Waals surface area contributed by atoms with E-state index in [2.05, 4.69) is 89.3 Å². The molecule has 0 aliphatic heterocycles. The number of hydrogen-bond donors (Lipinski definition) is 0. The van der Waals surface area contributed by atoms with Gasteiger partial charge >= 0.3 is 0 Å². The van der Waals surface area contributed by atoms with E-state index in [1.54, 1.807) is 0 Å². The van der Waals surface area contributed by atoms with Gasteiger partial charge in [0.05, 0.1) is 0 Å². The van der Waals surface area contributed by atoms with Crippen LogP contribution in [-0.4, -0.2) is 100 Å². The maximum Gasteiger partial charge on any atom is -0.000960 e. The molecule has 0 saturated carbocycles. The first-order valence-corrected chi connectivity index (χ1v) is 12.6. The van der Waals surface area contributed by atoms with Crippen LogP contribution in [0.15, 0.2) is 0 Å².